The van der Waals surface area contributed by atoms with Crippen molar-refractivity contribution in [1.82, 2.24) is 20.0 Å². The first kappa shape index (κ1) is 22.0. The number of benzene rings is 1. The summed E-state index contributed by atoms with van der Waals surface area (Å²) in [5.74, 6) is 0.553. The van der Waals surface area contributed by atoms with Crippen LogP contribution < -0.4 is 5.32 Å². The number of amides is 2. The van der Waals surface area contributed by atoms with E-state index in [-0.39, 0.29) is 17.6 Å². The Balaban J connectivity index is 1.55. The summed E-state index contributed by atoms with van der Waals surface area (Å²) < 4.78 is 14.7. The van der Waals surface area contributed by atoms with Gasteiger partial charge in [0.25, 0.3) is 5.91 Å². The van der Waals surface area contributed by atoms with Gasteiger partial charge in [-0.25, -0.2) is 4.39 Å². The molecule has 1 aliphatic heterocycles. The molecule has 2 heterocycles. The first-order valence-corrected chi connectivity index (χ1v) is 10.6. The maximum absolute atomic E-state index is 13.0. The minimum absolute atomic E-state index is 0.174. The molecule has 162 valence electrons. The number of piperidine rings is 1. The van der Waals surface area contributed by atoms with E-state index in [0.29, 0.717) is 30.4 Å². The topological polar surface area (TPSA) is 67.2 Å². The lowest BCUT2D eigenvalue weighted by atomic mass is 9.90. The Morgan fingerprint density at radius 2 is 1.87 bits per heavy atom. The standard InChI is InChI=1S/C23H31FN4O2/c1-16(2)12-22(29)28-10-8-17(9-11-28)13-21-20(15-27(3)26-21)23(30)25-14-18-4-6-19(24)7-5-18/h4-7,15-17H,8-14H2,1-3H3,(H,25,30). The zero-order chi connectivity index (χ0) is 21.7. The Bertz CT molecular complexity index is 868. The van der Waals surface area contributed by atoms with Crippen molar-refractivity contribution in [3.05, 3.63) is 53.1 Å². The molecule has 0 aliphatic carbocycles. The van der Waals surface area contributed by atoms with Crippen LogP contribution in [0.15, 0.2) is 30.5 Å². The lowest BCUT2D eigenvalue weighted by molar-refractivity contribution is -0.133. The van der Waals surface area contributed by atoms with Crippen molar-refractivity contribution in [2.24, 2.45) is 18.9 Å². The Morgan fingerprint density at radius 3 is 2.50 bits per heavy atom. The van der Waals surface area contributed by atoms with Crippen molar-refractivity contribution < 1.29 is 14.0 Å². The molecule has 1 N–H and O–H groups in total. The molecular weight excluding hydrogens is 383 g/mol. The highest BCUT2D eigenvalue weighted by atomic mass is 19.1. The van der Waals surface area contributed by atoms with E-state index in [4.69, 9.17) is 0 Å². The van der Waals surface area contributed by atoms with Gasteiger partial charge in [0.2, 0.25) is 5.91 Å². The molecule has 1 fully saturated rings. The fourth-order valence-corrected chi connectivity index (χ4v) is 3.89. The fraction of sp³-hybridized carbons (Fsp3) is 0.522. The highest BCUT2D eigenvalue weighted by molar-refractivity contribution is 5.95. The maximum atomic E-state index is 13.0. The summed E-state index contributed by atoms with van der Waals surface area (Å²) in [4.78, 5) is 26.9. The highest BCUT2D eigenvalue weighted by Crippen LogP contribution is 2.23. The van der Waals surface area contributed by atoms with Crippen molar-refractivity contribution in [2.45, 2.75) is 46.1 Å². The zero-order valence-corrected chi connectivity index (χ0v) is 18.0. The summed E-state index contributed by atoms with van der Waals surface area (Å²) in [6, 6.07) is 6.09. The Morgan fingerprint density at radius 1 is 1.20 bits per heavy atom. The van der Waals surface area contributed by atoms with E-state index in [9.17, 15) is 14.0 Å². The molecule has 0 radical (unpaired) electrons. The normalized spacial score (nSPS) is 14.9. The van der Waals surface area contributed by atoms with Crippen LogP contribution in [0, 0.1) is 17.7 Å². The van der Waals surface area contributed by atoms with Gasteiger partial charge in [-0.2, -0.15) is 5.10 Å². The third-order valence-electron chi connectivity index (χ3n) is 5.55. The molecule has 2 aromatic rings. The average Bonchev–Trinajstić information content (AvgIpc) is 3.07. The Hall–Kier alpha value is -2.70. The molecule has 0 spiro atoms. The number of nitrogens with zero attached hydrogens (tertiary/aromatic N) is 3. The van der Waals surface area contributed by atoms with E-state index >= 15 is 0 Å². The van der Waals surface area contributed by atoms with Gasteiger partial charge in [0.05, 0.1) is 11.3 Å². The molecule has 30 heavy (non-hydrogen) atoms. The fourth-order valence-electron chi connectivity index (χ4n) is 3.89. The number of carbonyl (C=O) groups is 2. The van der Waals surface area contributed by atoms with Gasteiger partial charge in [-0.05, 0) is 48.8 Å². The second-order valence-corrected chi connectivity index (χ2v) is 8.60. The monoisotopic (exact) mass is 414 g/mol. The van der Waals surface area contributed by atoms with Gasteiger partial charge in [0, 0.05) is 39.3 Å². The van der Waals surface area contributed by atoms with Crippen LogP contribution in [0.2, 0.25) is 0 Å². The number of halogens is 1. The van der Waals surface area contributed by atoms with Gasteiger partial charge < -0.3 is 10.2 Å². The van der Waals surface area contributed by atoms with Crippen LogP contribution in [0.25, 0.3) is 0 Å². The van der Waals surface area contributed by atoms with Crippen LogP contribution in [0.4, 0.5) is 4.39 Å². The van der Waals surface area contributed by atoms with Crippen molar-refractivity contribution >= 4 is 11.8 Å². The molecule has 7 heteroatoms. The predicted octanol–water partition coefficient (Wildman–Crippen LogP) is 3.32. The molecule has 1 saturated heterocycles. The zero-order valence-electron chi connectivity index (χ0n) is 18.0. The number of aromatic nitrogens is 2. The SMILES string of the molecule is CC(C)CC(=O)N1CCC(Cc2nn(C)cc2C(=O)NCc2ccc(F)cc2)CC1. The number of hydrogen-bond acceptors (Lipinski definition) is 3. The van der Waals surface area contributed by atoms with Gasteiger partial charge in [0.15, 0.2) is 0 Å². The van der Waals surface area contributed by atoms with Crippen LogP contribution in [0.3, 0.4) is 0 Å². The van der Waals surface area contributed by atoms with Gasteiger partial charge >= 0.3 is 0 Å². The number of carbonyl (C=O) groups excluding carboxylic acids is 2. The van der Waals surface area contributed by atoms with Crippen LogP contribution in [-0.4, -0.2) is 39.6 Å². The maximum Gasteiger partial charge on any atom is 0.255 e. The molecule has 2 amide bonds. The number of aryl methyl sites for hydroxylation is 1. The Labute approximate surface area is 177 Å². The minimum atomic E-state index is -0.295. The van der Waals surface area contributed by atoms with E-state index in [0.717, 1.165) is 43.6 Å². The van der Waals surface area contributed by atoms with Crippen molar-refractivity contribution in [3.63, 3.8) is 0 Å². The molecule has 1 aliphatic rings. The summed E-state index contributed by atoms with van der Waals surface area (Å²) in [5.41, 5.74) is 2.22. The molecule has 6 nitrogen and oxygen atoms in total. The summed E-state index contributed by atoms with van der Waals surface area (Å²) in [7, 11) is 1.81. The molecule has 1 aromatic carbocycles. The largest absolute Gasteiger partial charge is 0.348 e. The smallest absolute Gasteiger partial charge is 0.255 e. The third-order valence-corrected chi connectivity index (χ3v) is 5.55. The van der Waals surface area contributed by atoms with Crippen LogP contribution in [0.1, 0.15) is 54.7 Å². The highest BCUT2D eigenvalue weighted by Gasteiger charge is 2.25. The number of likely N-dealkylation sites (tertiary alicyclic amines) is 1. The number of rotatable bonds is 7. The van der Waals surface area contributed by atoms with Crippen LogP contribution in [-0.2, 0) is 24.8 Å². The first-order valence-electron chi connectivity index (χ1n) is 10.6. The van der Waals surface area contributed by atoms with Gasteiger partial charge in [0.1, 0.15) is 5.82 Å². The molecule has 0 unspecified atom stereocenters. The van der Waals surface area contributed by atoms with Crippen molar-refractivity contribution in [3.8, 4) is 0 Å². The number of nitrogens with one attached hydrogen (secondary N) is 1. The van der Waals surface area contributed by atoms with Crippen LogP contribution in [0.5, 0.6) is 0 Å². The molecule has 0 bridgehead atoms. The van der Waals surface area contributed by atoms with E-state index < -0.39 is 0 Å². The van der Waals surface area contributed by atoms with Gasteiger partial charge in [-0.15, -0.1) is 0 Å². The summed E-state index contributed by atoms with van der Waals surface area (Å²) in [6.07, 6.45) is 4.93. The molecule has 0 atom stereocenters. The molecule has 0 saturated carbocycles. The van der Waals surface area contributed by atoms with Gasteiger partial charge in [-0.3, -0.25) is 14.3 Å². The van der Waals surface area contributed by atoms with Gasteiger partial charge in [-0.1, -0.05) is 26.0 Å². The summed E-state index contributed by atoms with van der Waals surface area (Å²) in [6.45, 7) is 6.01. The quantitative estimate of drug-likeness (QED) is 0.756. The lowest BCUT2D eigenvalue weighted by Crippen LogP contribution is -2.39. The minimum Gasteiger partial charge on any atom is -0.348 e. The molecule has 3 rings (SSSR count). The van der Waals surface area contributed by atoms with E-state index in [1.807, 2.05) is 11.9 Å². The second-order valence-electron chi connectivity index (χ2n) is 8.60. The van der Waals surface area contributed by atoms with Crippen molar-refractivity contribution in [2.75, 3.05) is 13.1 Å². The Kier molecular flexibility index (Phi) is 7.24. The third kappa shape index (κ3) is 5.90. The first-order chi connectivity index (χ1) is 14.3. The number of hydrogen-bond donors (Lipinski definition) is 1. The second kappa shape index (κ2) is 9.87. The average molecular weight is 415 g/mol. The predicted molar refractivity (Wildman–Crippen MR) is 113 cm³/mol. The van der Waals surface area contributed by atoms with Crippen LogP contribution >= 0.6 is 0 Å². The lowest BCUT2D eigenvalue weighted by Gasteiger charge is -2.32. The van der Waals surface area contributed by atoms with E-state index in [2.05, 4.69) is 24.3 Å². The van der Waals surface area contributed by atoms with Crippen molar-refractivity contribution in [1.29, 1.82) is 0 Å². The molecular formula is C23H31FN4O2. The van der Waals surface area contributed by atoms with E-state index in [1.54, 1.807) is 23.0 Å². The van der Waals surface area contributed by atoms with E-state index in [1.165, 1.54) is 12.1 Å². The summed E-state index contributed by atoms with van der Waals surface area (Å²) in [5, 5.41) is 7.41. The summed E-state index contributed by atoms with van der Waals surface area (Å²) >= 11 is 0. The molecule has 1 aromatic heterocycles.